The van der Waals surface area contributed by atoms with Crippen molar-refractivity contribution in [3.05, 3.63) is 20.3 Å². The Kier molecular flexibility index (Phi) is 3.10. The van der Waals surface area contributed by atoms with Crippen molar-refractivity contribution in [3.63, 3.8) is 0 Å². The smallest absolute Gasteiger partial charge is 0.0746 e. The van der Waals surface area contributed by atoms with Crippen LogP contribution in [0.5, 0.6) is 0 Å². The first kappa shape index (κ1) is 9.23. The lowest BCUT2D eigenvalue weighted by Crippen LogP contribution is -2.00. The fraction of sp³-hybridized carbons (Fsp3) is 0.500. The molecule has 0 aromatic carbocycles. The predicted molar refractivity (Wildman–Crippen MR) is 54.0 cm³/mol. The highest BCUT2D eigenvalue weighted by Crippen LogP contribution is 2.32. The van der Waals surface area contributed by atoms with E-state index >= 15 is 0 Å². The topological polar surface area (TPSA) is 26.0 Å². The van der Waals surface area contributed by atoms with E-state index in [-0.39, 0.29) is 0 Å². The summed E-state index contributed by atoms with van der Waals surface area (Å²) in [5.41, 5.74) is 8.26. The van der Waals surface area contributed by atoms with Gasteiger partial charge in [-0.2, -0.15) is 0 Å². The summed E-state index contributed by atoms with van der Waals surface area (Å²) >= 11 is 5.20. The molecule has 2 N–H and O–H groups in total. The van der Waals surface area contributed by atoms with Gasteiger partial charge in [0.05, 0.1) is 3.79 Å². The van der Waals surface area contributed by atoms with Crippen LogP contribution in [-0.4, -0.2) is 0 Å². The van der Waals surface area contributed by atoms with Crippen LogP contribution in [0.4, 0.5) is 0 Å². The quantitative estimate of drug-likeness (QED) is 0.836. The summed E-state index contributed by atoms with van der Waals surface area (Å²) in [4.78, 5) is 0. The maximum atomic E-state index is 5.61. The van der Waals surface area contributed by atoms with E-state index in [0.717, 1.165) is 0 Å². The predicted octanol–water partition coefficient (Wildman–Crippen LogP) is 3.09. The number of hydrogen-bond acceptors (Lipinski definition) is 2. The molecule has 0 saturated heterocycles. The van der Waals surface area contributed by atoms with Gasteiger partial charge in [-0.3, -0.25) is 0 Å². The minimum absolute atomic E-state index is 0.580. The molecule has 0 fully saturated rings. The van der Waals surface area contributed by atoms with Crippen molar-refractivity contribution < 1.29 is 0 Å². The molecule has 0 amide bonds. The van der Waals surface area contributed by atoms with Crippen molar-refractivity contribution in [2.24, 2.45) is 5.73 Å². The molecule has 1 aromatic heterocycles. The van der Waals surface area contributed by atoms with E-state index in [1.807, 2.05) is 0 Å². The van der Waals surface area contributed by atoms with Crippen molar-refractivity contribution >= 4 is 27.3 Å². The van der Waals surface area contributed by atoms with E-state index in [1.165, 1.54) is 14.9 Å². The first-order chi connectivity index (χ1) is 5.16. The van der Waals surface area contributed by atoms with Gasteiger partial charge in [0, 0.05) is 6.54 Å². The summed E-state index contributed by atoms with van der Waals surface area (Å²) in [5.74, 6) is 0.580. The highest BCUT2D eigenvalue weighted by molar-refractivity contribution is 9.11. The number of halogens is 1. The SMILES string of the molecule is CC(C)c1csc(Br)c1CN. The second-order valence-corrected chi connectivity index (χ2v) is 5.00. The standard InChI is InChI=1S/C8H12BrNS/c1-5(2)7-4-11-8(9)6(7)3-10/h4-5H,3,10H2,1-2H3. The molecule has 1 aromatic rings. The van der Waals surface area contributed by atoms with E-state index in [9.17, 15) is 0 Å². The Bertz CT molecular complexity index is 242. The molecular weight excluding hydrogens is 222 g/mol. The van der Waals surface area contributed by atoms with Gasteiger partial charge in [0.2, 0.25) is 0 Å². The molecule has 0 saturated carbocycles. The summed E-state index contributed by atoms with van der Waals surface area (Å²) in [5, 5.41) is 2.18. The van der Waals surface area contributed by atoms with Crippen LogP contribution >= 0.6 is 27.3 Å². The Labute approximate surface area is 79.7 Å². The molecule has 0 aliphatic rings. The first-order valence-electron chi connectivity index (χ1n) is 3.62. The van der Waals surface area contributed by atoms with Crippen LogP contribution < -0.4 is 5.73 Å². The zero-order chi connectivity index (χ0) is 8.43. The highest BCUT2D eigenvalue weighted by Gasteiger charge is 2.10. The van der Waals surface area contributed by atoms with E-state index in [2.05, 4.69) is 35.2 Å². The number of nitrogens with two attached hydrogens (primary N) is 1. The fourth-order valence-electron chi connectivity index (χ4n) is 1.05. The molecule has 11 heavy (non-hydrogen) atoms. The highest BCUT2D eigenvalue weighted by atomic mass is 79.9. The van der Waals surface area contributed by atoms with Crippen LogP contribution in [0.1, 0.15) is 30.9 Å². The molecule has 1 nitrogen and oxygen atoms in total. The maximum Gasteiger partial charge on any atom is 0.0746 e. The third kappa shape index (κ3) is 1.83. The fourth-order valence-corrected chi connectivity index (χ4v) is 2.71. The summed E-state index contributed by atoms with van der Waals surface area (Å²) < 4.78 is 1.18. The summed E-state index contributed by atoms with van der Waals surface area (Å²) in [6.45, 7) is 5.01. The van der Waals surface area contributed by atoms with Crippen molar-refractivity contribution in [3.8, 4) is 0 Å². The zero-order valence-electron chi connectivity index (χ0n) is 6.73. The Balaban J connectivity index is 3.05. The van der Waals surface area contributed by atoms with Gasteiger partial charge in [0.15, 0.2) is 0 Å². The average molecular weight is 234 g/mol. The first-order valence-corrected chi connectivity index (χ1v) is 5.30. The Morgan fingerprint density at radius 2 is 2.27 bits per heavy atom. The Hall–Kier alpha value is 0.140. The second kappa shape index (κ2) is 3.70. The van der Waals surface area contributed by atoms with Gasteiger partial charge >= 0.3 is 0 Å². The Morgan fingerprint density at radius 1 is 1.64 bits per heavy atom. The molecule has 3 heteroatoms. The van der Waals surface area contributed by atoms with Gasteiger partial charge in [0.25, 0.3) is 0 Å². The van der Waals surface area contributed by atoms with Crippen molar-refractivity contribution in [1.82, 2.24) is 0 Å². The molecule has 62 valence electrons. The molecule has 0 atom stereocenters. The zero-order valence-corrected chi connectivity index (χ0v) is 9.13. The summed E-state index contributed by atoms with van der Waals surface area (Å²) in [6.07, 6.45) is 0. The van der Waals surface area contributed by atoms with Crippen molar-refractivity contribution in [1.29, 1.82) is 0 Å². The molecule has 0 aliphatic heterocycles. The van der Waals surface area contributed by atoms with Gasteiger partial charge in [-0.25, -0.2) is 0 Å². The molecule has 1 heterocycles. The molecule has 0 aliphatic carbocycles. The lowest BCUT2D eigenvalue weighted by molar-refractivity contribution is 0.846. The van der Waals surface area contributed by atoms with Crippen molar-refractivity contribution in [2.75, 3.05) is 0 Å². The molecule has 0 radical (unpaired) electrons. The lowest BCUT2D eigenvalue weighted by atomic mass is 10.0. The van der Waals surface area contributed by atoms with Crippen LogP contribution in [0.25, 0.3) is 0 Å². The van der Waals surface area contributed by atoms with E-state index in [4.69, 9.17) is 5.73 Å². The lowest BCUT2D eigenvalue weighted by Gasteiger charge is -2.04. The van der Waals surface area contributed by atoms with E-state index in [0.29, 0.717) is 12.5 Å². The minimum atomic E-state index is 0.580. The van der Waals surface area contributed by atoms with E-state index in [1.54, 1.807) is 11.3 Å². The van der Waals surface area contributed by atoms with Gasteiger partial charge in [0.1, 0.15) is 0 Å². The number of hydrogen-bond donors (Lipinski definition) is 1. The van der Waals surface area contributed by atoms with Gasteiger partial charge in [-0.15, -0.1) is 11.3 Å². The largest absolute Gasteiger partial charge is 0.326 e. The molecule has 0 spiro atoms. The molecule has 0 bridgehead atoms. The summed E-state index contributed by atoms with van der Waals surface area (Å²) in [6, 6.07) is 0. The third-order valence-corrected chi connectivity index (χ3v) is 3.57. The van der Waals surface area contributed by atoms with Crippen LogP contribution in [-0.2, 0) is 6.54 Å². The molecule has 1 rings (SSSR count). The molecular formula is C8H12BrNS. The van der Waals surface area contributed by atoms with Gasteiger partial charge in [-0.1, -0.05) is 13.8 Å². The van der Waals surface area contributed by atoms with Gasteiger partial charge < -0.3 is 5.73 Å². The van der Waals surface area contributed by atoms with Crippen LogP contribution in [0.15, 0.2) is 9.17 Å². The van der Waals surface area contributed by atoms with Gasteiger partial charge in [-0.05, 0) is 38.4 Å². The van der Waals surface area contributed by atoms with Crippen LogP contribution in [0.2, 0.25) is 0 Å². The second-order valence-electron chi connectivity index (χ2n) is 2.80. The normalized spacial score (nSPS) is 11.0. The third-order valence-electron chi connectivity index (χ3n) is 1.70. The monoisotopic (exact) mass is 233 g/mol. The average Bonchev–Trinajstić information content (AvgIpc) is 2.30. The number of rotatable bonds is 2. The Morgan fingerprint density at radius 3 is 2.64 bits per heavy atom. The number of thiophene rings is 1. The minimum Gasteiger partial charge on any atom is -0.326 e. The maximum absolute atomic E-state index is 5.61. The van der Waals surface area contributed by atoms with Crippen molar-refractivity contribution in [2.45, 2.75) is 26.3 Å². The van der Waals surface area contributed by atoms with Crippen LogP contribution in [0, 0.1) is 0 Å². The van der Waals surface area contributed by atoms with Crippen LogP contribution in [0.3, 0.4) is 0 Å². The summed E-state index contributed by atoms with van der Waals surface area (Å²) in [7, 11) is 0. The molecule has 0 unspecified atom stereocenters. The van der Waals surface area contributed by atoms with E-state index < -0.39 is 0 Å².